The minimum atomic E-state index is -1.02. The monoisotopic (exact) mass is 524 g/mol. The fourth-order valence-corrected chi connectivity index (χ4v) is 5.61. The van der Waals surface area contributed by atoms with E-state index in [9.17, 15) is 24.0 Å². The molecule has 0 unspecified atom stereocenters. The molecule has 0 fully saturated rings. The minimum Gasteiger partial charge on any atom is -0.481 e. The lowest BCUT2D eigenvalue weighted by Gasteiger charge is -2.08. The third kappa shape index (κ3) is 6.12. The zero-order valence-corrected chi connectivity index (χ0v) is 20.3. The highest BCUT2D eigenvalue weighted by Gasteiger charge is 2.14. The highest BCUT2D eigenvalue weighted by Crippen LogP contribution is 2.31. The van der Waals surface area contributed by atoms with Crippen LogP contribution in [0.5, 0.6) is 0 Å². The van der Waals surface area contributed by atoms with Crippen LogP contribution in [0.25, 0.3) is 20.2 Å². The normalized spacial score (nSPS) is 10.9. The quantitative estimate of drug-likeness (QED) is 0.190. The van der Waals surface area contributed by atoms with Crippen LogP contribution in [-0.4, -0.2) is 39.7 Å². The Morgan fingerprint density at radius 1 is 0.611 bits per heavy atom. The molecule has 2 amide bonds. The molecule has 2 aromatic carbocycles. The summed E-state index contributed by atoms with van der Waals surface area (Å²) < 4.78 is 1.57. The Labute approximate surface area is 212 Å². The zero-order valence-electron chi connectivity index (χ0n) is 18.7. The number of carbonyl (C=O) groups excluding carboxylic acids is 3. The Kier molecular flexibility index (Phi) is 7.41. The van der Waals surface area contributed by atoms with Crippen molar-refractivity contribution in [3.05, 3.63) is 58.3 Å². The van der Waals surface area contributed by atoms with Crippen LogP contribution in [0.2, 0.25) is 0 Å². The summed E-state index contributed by atoms with van der Waals surface area (Å²) >= 11 is 2.48. The summed E-state index contributed by atoms with van der Waals surface area (Å²) in [6, 6.07) is 13.4. The Hall–Kier alpha value is -4.09. The molecule has 11 heteroatoms. The van der Waals surface area contributed by atoms with Crippen molar-refractivity contribution in [3.63, 3.8) is 0 Å². The molecule has 0 atom stereocenters. The molecular weight excluding hydrogens is 504 g/mol. The molecule has 0 aliphatic heterocycles. The van der Waals surface area contributed by atoms with Gasteiger partial charge in [0.15, 0.2) is 11.6 Å². The summed E-state index contributed by atoms with van der Waals surface area (Å²) in [5, 5.41) is 24.7. The molecule has 0 saturated carbocycles. The molecular formula is C25H20N2O7S2. The van der Waals surface area contributed by atoms with Gasteiger partial charge in [-0.2, -0.15) is 0 Å². The Balaban J connectivity index is 1.41. The van der Waals surface area contributed by atoms with E-state index in [0.717, 1.165) is 20.2 Å². The third-order valence-corrected chi connectivity index (χ3v) is 7.52. The van der Waals surface area contributed by atoms with Gasteiger partial charge in [-0.25, -0.2) is 4.79 Å². The van der Waals surface area contributed by atoms with Crippen LogP contribution < -0.4 is 10.6 Å². The number of hydrogen-bond donors (Lipinski definition) is 4. The number of carboxylic acid groups (broad SMARTS) is 2. The molecule has 0 aliphatic rings. The molecule has 4 rings (SSSR count). The molecule has 184 valence electrons. The van der Waals surface area contributed by atoms with Gasteiger partial charge in [-0.15, -0.1) is 22.7 Å². The summed E-state index contributed by atoms with van der Waals surface area (Å²) in [6.07, 6.45) is -0.580. The molecule has 4 aromatic rings. The van der Waals surface area contributed by atoms with Crippen LogP contribution in [0.15, 0.2) is 48.5 Å². The SMILES string of the molecule is O=C(O)CCC(=O)c1cc2ccc(NC(=O)Nc3ccc4cc(C(=O)CCC(=O)O)sc4c3)cc2s1. The zero-order chi connectivity index (χ0) is 25.8. The lowest BCUT2D eigenvalue weighted by molar-refractivity contribution is -0.137. The predicted molar refractivity (Wildman–Crippen MR) is 139 cm³/mol. The van der Waals surface area contributed by atoms with Crippen molar-refractivity contribution >= 4 is 83.8 Å². The Morgan fingerprint density at radius 2 is 1.03 bits per heavy atom. The first-order valence-electron chi connectivity index (χ1n) is 10.8. The van der Waals surface area contributed by atoms with Crippen molar-refractivity contribution in [3.8, 4) is 0 Å². The van der Waals surface area contributed by atoms with Crippen molar-refractivity contribution in [2.75, 3.05) is 10.6 Å². The smallest absolute Gasteiger partial charge is 0.323 e. The molecule has 4 N–H and O–H groups in total. The highest BCUT2D eigenvalue weighted by molar-refractivity contribution is 7.21. The number of carbonyl (C=O) groups is 5. The van der Waals surface area contributed by atoms with Crippen LogP contribution in [0, 0.1) is 0 Å². The number of rotatable bonds is 10. The van der Waals surface area contributed by atoms with Crippen LogP contribution in [0.3, 0.4) is 0 Å². The lowest BCUT2D eigenvalue weighted by atomic mass is 10.1. The number of ketones is 2. The number of fused-ring (bicyclic) bond motifs is 2. The molecule has 0 bridgehead atoms. The number of anilines is 2. The van der Waals surface area contributed by atoms with E-state index < -0.39 is 18.0 Å². The van der Waals surface area contributed by atoms with E-state index in [2.05, 4.69) is 10.6 Å². The van der Waals surface area contributed by atoms with Gasteiger partial charge in [-0.3, -0.25) is 19.2 Å². The van der Waals surface area contributed by atoms with Crippen LogP contribution in [0.4, 0.5) is 16.2 Å². The van der Waals surface area contributed by atoms with Crippen molar-refractivity contribution in [1.82, 2.24) is 0 Å². The van der Waals surface area contributed by atoms with Gasteiger partial charge in [0.2, 0.25) is 0 Å². The number of nitrogens with one attached hydrogen (secondary N) is 2. The number of aliphatic carboxylic acids is 2. The second kappa shape index (κ2) is 10.7. The second-order valence-electron chi connectivity index (χ2n) is 7.94. The topological polar surface area (TPSA) is 150 Å². The average molecular weight is 525 g/mol. The Morgan fingerprint density at radius 3 is 1.42 bits per heavy atom. The van der Waals surface area contributed by atoms with Crippen LogP contribution in [-0.2, 0) is 9.59 Å². The van der Waals surface area contributed by atoms with Crippen molar-refractivity contribution in [2.24, 2.45) is 0 Å². The summed E-state index contributed by atoms with van der Waals surface area (Å²) in [5.74, 6) is -2.52. The molecule has 36 heavy (non-hydrogen) atoms. The first kappa shape index (κ1) is 25.0. The maximum atomic E-state index is 12.5. The maximum Gasteiger partial charge on any atom is 0.323 e. The van der Waals surface area contributed by atoms with Crippen molar-refractivity contribution in [2.45, 2.75) is 25.7 Å². The largest absolute Gasteiger partial charge is 0.481 e. The Bertz CT molecular complexity index is 1410. The number of benzene rings is 2. The predicted octanol–water partition coefficient (Wildman–Crippen LogP) is 5.86. The fraction of sp³-hybridized carbons (Fsp3) is 0.160. The van der Waals surface area contributed by atoms with E-state index in [1.807, 2.05) is 0 Å². The molecule has 9 nitrogen and oxygen atoms in total. The van der Waals surface area contributed by atoms with Gasteiger partial charge in [0.25, 0.3) is 0 Å². The summed E-state index contributed by atoms with van der Waals surface area (Å²) in [4.78, 5) is 59.3. The molecule has 2 heterocycles. The number of Topliss-reactive ketones (excluding diaryl/α,β-unsaturated/α-hetero) is 2. The van der Waals surface area contributed by atoms with Gasteiger partial charge in [0.05, 0.1) is 22.6 Å². The number of hydrogen-bond acceptors (Lipinski definition) is 7. The number of carboxylic acids is 2. The van der Waals surface area contributed by atoms with Crippen LogP contribution >= 0.6 is 22.7 Å². The van der Waals surface area contributed by atoms with Crippen LogP contribution in [0.1, 0.15) is 45.0 Å². The van der Waals surface area contributed by atoms with E-state index in [1.165, 1.54) is 22.7 Å². The molecule has 2 aromatic heterocycles. The number of urea groups is 1. The lowest BCUT2D eigenvalue weighted by Crippen LogP contribution is -2.19. The second-order valence-corrected chi connectivity index (χ2v) is 10.1. The average Bonchev–Trinajstić information content (AvgIpc) is 3.44. The molecule has 0 aliphatic carbocycles. The van der Waals surface area contributed by atoms with E-state index in [4.69, 9.17) is 10.2 Å². The summed E-state index contributed by atoms with van der Waals surface area (Å²) in [6.45, 7) is 0. The van der Waals surface area contributed by atoms with Crippen molar-refractivity contribution in [1.29, 1.82) is 0 Å². The van der Waals surface area contributed by atoms with E-state index in [1.54, 1.807) is 48.5 Å². The van der Waals surface area contributed by atoms with E-state index in [-0.39, 0.29) is 37.2 Å². The fourth-order valence-electron chi connectivity index (χ4n) is 3.47. The van der Waals surface area contributed by atoms with Gasteiger partial charge in [-0.1, -0.05) is 12.1 Å². The summed E-state index contributed by atoms with van der Waals surface area (Å²) in [5.41, 5.74) is 1.05. The van der Waals surface area contributed by atoms with E-state index in [0.29, 0.717) is 21.1 Å². The number of amides is 2. The highest BCUT2D eigenvalue weighted by atomic mass is 32.1. The molecule has 0 saturated heterocycles. The molecule has 0 spiro atoms. The van der Waals surface area contributed by atoms with Crippen molar-refractivity contribution < 1.29 is 34.2 Å². The van der Waals surface area contributed by atoms with Gasteiger partial charge < -0.3 is 20.8 Å². The van der Waals surface area contributed by atoms with Gasteiger partial charge in [0, 0.05) is 33.6 Å². The first-order valence-corrected chi connectivity index (χ1v) is 12.5. The standard InChI is InChI=1S/C25H20N2O7S2/c28-17(5-7-23(30)31)21-9-13-1-3-15(11-19(13)35-21)26-25(34)27-16-4-2-14-10-22(36-20(14)12-16)18(29)6-8-24(32)33/h1-4,9-12H,5-8H2,(H,30,31)(H,32,33)(H2,26,27,34). The number of thiophene rings is 2. The minimum absolute atomic E-state index is 0.0672. The van der Waals surface area contributed by atoms with E-state index >= 15 is 0 Å². The van der Waals surface area contributed by atoms with Gasteiger partial charge in [-0.05, 0) is 47.2 Å². The van der Waals surface area contributed by atoms with Gasteiger partial charge in [0.1, 0.15) is 0 Å². The summed E-state index contributed by atoms with van der Waals surface area (Å²) in [7, 11) is 0. The maximum absolute atomic E-state index is 12.5. The van der Waals surface area contributed by atoms with Gasteiger partial charge >= 0.3 is 18.0 Å². The first-order chi connectivity index (χ1) is 17.2. The molecule has 0 radical (unpaired) electrons. The third-order valence-electron chi connectivity index (χ3n) is 5.24.